The van der Waals surface area contributed by atoms with Crippen LogP contribution in [0.4, 0.5) is 11.5 Å². The van der Waals surface area contributed by atoms with Crippen molar-refractivity contribution in [2.45, 2.75) is 0 Å². The fraction of sp³-hybridized carbons (Fsp3) is 0.0909. The summed E-state index contributed by atoms with van der Waals surface area (Å²) in [6.45, 7) is 0. The fourth-order valence-electron chi connectivity index (χ4n) is 1.30. The van der Waals surface area contributed by atoms with Gasteiger partial charge in [-0.2, -0.15) is 0 Å². The minimum absolute atomic E-state index is 0.341. The predicted molar refractivity (Wildman–Crippen MR) is 68.3 cm³/mol. The number of aromatic nitrogens is 2. The third-order valence-corrected chi connectivity index (χ3v) is 2.49. The van der Waals surface area contributed by atoms with Crippen LogP contribution in [0.15, 0.2) is 30.3 Å². The molecule has 0 spiro atoms. The molecule has 2 rings (SSSR count). The third-order valence-electron chi connectivity index (χ3n) is 2.06. The molecule has 1 N–H and O–H groups in total. The van der Waals surface area contributed by atoms with E-state index in [2.05, 4.69) is 15.5 Å². The lowest BCUT2D eigenvalue weighted by Gasteiger charge is -2.10. The molecule has 2 aromatic rings. The average molecular weight is 270 g/mol. The number of ether oxygens (including phenoxy) is 1. The van der Waals surface area contributed by atoms with E-state index in [4.69, 9.17) is 27.9 Å². The van der Waals surface area contributed by atoms with Crippen LogP contribution in [0.1, 0.15) is 0 Å². The van der Waals surface area contributed by atoms with Gasteiger partial charge in [0, 0.05) is 5.02 Å². The number of benzene rings is 1. The Kier molecular flexibility index (Phi) is 3.66. The van der Waals surface area contributed by atoms with Gasteiger partial charge in [-0.15, -0.1) is 10.2 Å². The molecule has 0 unspecified atom stereocenters. The Morgan fingerprint density at radius 3 is 2.59 bits per heavy atom. The van der Waals surface area contributed by atoms with Crippen LogP contribution in [0.25, 0.3) is 0 Å². The predicted octanol–water partition coefficient (Wildman–Crippen LogP) is 3.54. The molecular formula is C11H9Cl2N3O. The van der Waals surface area contributed by atoms with Crippen LogP contribution in [-0.4, -0.2) is 17.3 Å². The van der Waals surface area contributed by atoms with Gasteiger partial charge in [-0.3, -0.25) is 0 Å². The number of hydrogen-bond donors (Lipinski definition) is 1. The summed E-state index contributed by atoms with van der Waals surface area (Å²) in [4.78, 5) is 0. The molecule has 0 atom stereocenters. The Morgan fingerprint density at radius 2 is 1.94 bits per heavy atom. The standard InChI is InChI=1S/C11H9Cl2N3O/c1-17-9-3-2-7(12)6-8(9)14-11-5-4-10(13)15-16-11/h2-6H,1H3,(H,14,16). The second-order valence-electron chi connectivity index (χ2n) is 3.21. The molecule has 6 heteroatoms. The highest BCUT2D eigenvalue weighted by atomic mass is 35.5. The van der Waals surface area contributed by atoms with Gasteiger partial charge < -0.3 is 10.1 Å². The Bertz CT molecular complexity index is 517. The van der Waals surface area contributed by atoms with Crippen molar-refractivity contribution in [3.8, 4) is 5.75 Å². The highest BCUT2D eigenvalue weighted by molar-refractivity contribution is 6.31. The molecule has 88 valence electrons. The molecule has 0 radical (unpaired) electrons. The van der Waals surface area contributed by atoms with E-state index in [-0.39, 0.29) is 0 Å². The Hall–Kier alpha value is -1.52. The van der Waals surface area contributed by atoms with Crippen LogP contribution >= 0.6 is 23.2 Å². The lowest BCUT2D eigenvalue weighted by Crippen LogP contribution is -1.97. The first-order valence-electron chi connectivity index (χ1n) is 4.79. The van der Waals surface area contributed by atoms with Crippen molar-refractivity contribution in [2.24, 2.45) is 0 Å². The van der Waals surface area contributed by atoms with E-state index in [1.165, 1.54) is 0 Å². The molecule has 0 fully saturated rings. The molecule has 0 bridgehead atoms. The quantitative estimate of drug-likeness (QED) is 0.926. The molecule has 17 heavy (non-hydrogen) atoms. The van der Waals surface area contributed by atoms with Gasteiger partial charge in [0.2, 0.25) is 0 Å². The minimum Gasteiger partial charge on any atom is -0.495 e. The molecule has 1 aromatic carbocycles. The summed E-state index contributed by atoms with van der Waals surface area (Å²) in [5.74, 6) is 1.24. The van der Waals surface area contributed by atoms with Crippen LogP contribution in [0.3, 0.4) is 0 Å². The maximum atomic E-state index is 5.91. The SMILES string of the molecule is COc1ccc(Cl)cc1Nc1ccc(Cl)nn1. The fourth-order valence-corrected chi connectivity index (χ4v) is 1.57. The van der Waals surface area contributed by atoms with Gasteiger partial charge in [-0.05, 0) is 30.3 Å². The van der Waals surface area contributed by atoms with Gasteiger partial charge in [0.15, 0.2) is 11.0 Å². The van der Waals surface area contributed by atoms with Gasteiger partial charge in [0.1, 0.15) is 5.75 Å². The highest BCUT2D eigenvalue weighted by Gasteiger charge is 2.05. The molecule has 0 aliphatic carbocycles. The zero-order valence-electron chi connectivity index (χ0n) is 8.95. The first-order valence-corrected chi connectivity index (χ1v) is 5.54. The van der Waals surface area contributed by atoms with E-state index in [9.17, 15) is 0 Å². The van der Waals surface area contributed by atoms with Crippen LogP contribution in [0.5, 0.6) is 5.75 Å². The second-order valence-corrected chi connectivity index (χ2v) is 4.03. The zero-order valence-corrected chi connectivity index (χ0v) is 10.5. The molecule has 0 aliphatic rings. The third kappa shape index (κ3) is 2.99. The van der Waals surface area contributed by atoms with Crippen LogP contribution in [0, 0.1) is 0 Å². The Balaban J connectivity index is 2.28. The lowest BCUT2D eigenvalue weighted by atomic mass is 10.3. The number of nitrogens with zero attached hydrogens (tertiary/aromatic N) is 2. The van der Waals surface area contributed by atoms with Gasteiger partial charge in [0.25, 0.3) is 0 Å². The summed E-state index contributed by atoms with van der Waals surface area (Å²) >= 11 is 11.6. The van der Waals surface area contributed by atoms with Crippen molar-refractivity contribution in [1.82, 2.24) is 10.2 Å². The first kappa shape index (κ1) is 12.0. The van der Waals surface area contributed by atoms with E-state index in [0.29, 0.717) is 21.7 Å². The maximum Gasteiger partial charge on any atom is 0.153 e. The zero-order chi connectivity index (χ0) is 12.3. The Labute approximate surface area is 109 Å². The number of rotatable bonds is 3. The topological polar surface area (TPSA) is 47.0 Å². The summed E-state index contributed by atoms with van der Waals surface area (Å²) in [6, 6.07) is 8.63. The smallest absolute Gasteiger partial charge is 0.153 e. The van der Waals surface area contributed by atoms with Crippen LogP contribution in [-0.2, 0) is 0 Å². The Morgan fingerprint density at radius 1 is 1.12 bits per heavy atom. The van der Waals surface area contributed by atoms with Gasteiger partial charge >= 0.3 is 0 Å². The van der Waals surface area contributed by atoms with E-state index in [0.717, 1.165) is 5.69 Å². The first-order chi connectivity index (χ1) is 8.19. The van der Waals surface area contributed by atoms with E-state index < -0.39 is 0 Å². The summed E-state index contributed by atoms with van der Waals surface area (Å²) < 4.78 is 5.20. The number of nitrogens with one attached hydrogen (secondary N) is 1. The monoisotopic (exact) mass is 269 g/mol. The average Bonchev–Trinajstić information content (AvgIpc) is 2.32. The number of halogens is 2. The van der Waals surface area contributed by atoms with E-state index in [1.807, 2.05) is 0 Å². The maximum absolute atomic E-state index is 5.91. The molecule has 4 nitrogen and oxygen atoms in total. The molecule has 1 heterocycles. The van der Waals surface area contributed by atoms with E-state index >= 15 is 0 Å². The van der Waals surface area contributed by atoms with Gasteiger partial charge in [-0.1, -0.05) is 23.2 Å². The van der Waals surface area contributed by atoms with Gasteiger partial charge in [0.05, 0.1) is 12.8 Å². The van der Waals surface area contributed by atoms with Crippen molar-refractivity contribution >= 4 is 34.7 Å². The van der Waals surface area contributed by atoms with Crippen molar-refractivity contribution in [2.75, 3.05) is 12.4 Å². The number of anilines is 2. The van der Waals surface area contributed by atoms with Gasteiger partial charge in [-0.25, -0.2) is 0 Å². The summed E-state index contributed by atoms with van der Waals surface area (Å²) in [5.41, 5.74) is 0.719. The van der Waals surface area contributed by atoms with Crippen molar-refractivity contribution < 1.29 is 4.74 Å². The summed E-state index contributed by atoms with van der Waals surface area (Å²) in [6.07, 6.45) is 0. The molecule has 0 aliphatic heterocycles. The minimum atomic E-state index is 0.341. The lowest BCUT2D eigenvalue weighted by molar-refractivity contribution is 0.417. The molecule has 0 saturated carbocycles. The summed E-state index contributed by atoms with van der Waals surface area (Å²) in [5, 5.41) is 11.6. The second kappa shape index (κ2) is 5.21. The van der Waals surface area contributed by atoms with Crippen molar-refractivity contribution in [3.63, 3.8) is 0 Å². The van der Waals surface area contributed by atoms with Crippen molar-refractivity contribution in [3.05, 3.63) is 40.5 Å². The molecular weight excluding hydrogens is 261 g/mol. The normalized spacial score (nSPS) is 10.1. The number of hydrogen-bond acceptors (Lipinski definition) is 4. The van der Waals surface area contributed by atoms with Crippen molar-refractivity contribution in [1.29, 1.82) is 0 Å². The summed E-state index contributed by atoms with van der Waals surface area (Å²) in [7, 11) is 1.59. The van der Waals surface area contributed by atoms with Crippen LogP contribution in [0.2, 0.25) is 10.2 Å². The molecule has 0 saturated heterocycles. The van der Waals surface area contributed by atoms with E-state index in [1.54, 1.807) is 37.4 Å². The largest absolute Gasteiger partial charge is 0.495 e. The van der Waals surface area contributed by atoms with Crippen LogP contribution < -0.4 is 10.1 Å². The molecule has 1 aromatic heterocycles. The molecule has 0 amide bonds. The number of methoxy groups -OCH3 is 1. The highest BCUT2D eigenvalue weighted by Crippen LogP contribution is 2.29.